The molecule has 0 aliphatic rings. The van der Waals surface area contributed by atoms with Crippen LogP contribution in [0.3, 0.4) is 0 Å². The predicted octanol–water partition coefficient (Wildman–Crippen LogP) is -0.648. The lowest BCUT2D eigenvalue weighted by Gasteiger charge is -2.21. The van der Waals surface area contributed by atoms with Gasteiger partial charge in [-0.25, -0.2) is 0 Å². The molecule has 0 aromatic heterocycles. The summed E-state index contributed by atoms with van der Waals surface area (Å²) in [6.07, 6.45) is 0. The molecule has 1 aromatic rings. The predicted molar refractivity (Wildman–Crippen MR) is 46.6 cm³/mol. The molecular weight excluding hydrogens is 170 g/mol. The third-order valence-corrected chi connectivity index (χ3v) is 1.89. The lowest BCUT2D eigenvalue weighted by molar-refractivity contribution is -0.141. The normalized spacial score (nSPS) is 14.9. The maximum Gasteiger partial charge on any atom is 0.256 e. The minimum atomic E-state index is -1.97. The van der Waals surface area contributed by atoms with Gasteiger partial charge in [0.1, 0.15) is 0 Å². The molecule has 0 fully saturated rings. The summed E-state index contributed by atoms with van der Waals surface area (Å²) in [4.78, 5) is 10.9. The molecule has 13 heavy (non-hydrogen) atoms. The Morgan fingerprint density at radius 2 is 1.92 bits per heavy atom. The number of amides is 1. The number of hydrogen-bond donors (Lipinski definition) is 3. The van der Waals surface area contributed by atoms with Crippen molar-refractivity contribution in [3.8, 4) is 0 Å². The molecule has 1 aromatic carbocycles. The van der Waals surface area contributed by atoms with E-state index in [0.717, 1.165) is 0 Å². The highest BCUT2D eigenvalue weighted by Crippen LogP contribution is 2.19. The summed E-state index contributed by atoms with van der Waals surface area (Å²) in [5.74, 6) is -0.957. The van der Waals surface area contributed by atoms with Gasteiger partial charge in [-0.1, -0.05) is 30.3 Å². The Labute approximate surface area is 75.6 Å². The topological polar surface area (TPSA) is 83.6 Å². The van der Waals surface area contributed by atoms with Crippen molar-refractivity contribution in [2.75, 3.05) is 6.61 Å². The first kappa shape index (κ1) is 9.70. The van der Waals surface area contributed by atoms with Crippen LogP contribution in [0.25, 0.3) is 0 Å². The molecule has 0 heterocycles. The fraction of sp³-hybridized carbons (Fsp3) is 0.222. The van der Waals surface area contributed by atoms with Crippen LogP contribution in [0.2, 0.25) is 0 Å². The van der Waals surface area contributed by atoms with Crippen molar-refractivity contribution < 1.29 is 15.0 Å². The van der Waals surface area contributed by atoms with Gasteiger partial charge in [0.15, 0.2) is 5.60 Å². The zero-order chi connectivity index (χ0) is 9.90. The highest BCUT2D eigenvalue weighted by Gasteiger charge is 2.34. The van der Waals surface area contributed by atoms with E-state index in [0.29, 0.717) is 5.56 Å². The van der Waals surface area contributed by atoms with Crippen LogP contribution in [0.5, 0.6) is 0 Å². The van der Waals surface area contributed by atoms with Crippen LogP contribution >= 0.6 is 0 Å². The SMILES string of the molecule is NC(=O)C(O)(CO)c1ccccc1. The number of aliphatic hydroxyl groups is 2. The number of carbonyl (C=O) groups is 1. The highest BCUT2D eigenvalue weighted by molar-refractivity contribution is 5.84. The van der Waals surface area contributed by atoms with Crippen LogP contribution in [0.4, 0.5) is 0 Å². The van der Waals surface area contributed by atoms with Crippen LogP contribution < -0.4 is 5.73 Å². The van der Waals surface area contributed by atoms with E-state index in [1.807, 2.05) is 0 Å². The van der Waals surface area contributed by atoms with E-state index in [1.165, 1.54) is 12.1 Å². The maximum atomic E-state index is 10.9. The van der Waals surface area contributed by atoms with Crippen molar-refractivity contribution in [2.45, 2.75) is 5.60 Å². The first-order valence-corrected chi connectivity index (χ1v) is 3.80. The van der Waals surface area contributed by atoms with Crippen molar-refractivity contribution >= 4 is 5.91 Å². The van der Waals surface area contributed by atoms with Crippen LogP contribution in [-0.2, 0) is 10.4 Å². The van der Waals surface area contributed by atoms with Crippen LogP contribution in [0.1, 0.15) is 5.56 Å². The Hall–Kier alpha value is -1.39. The molecule has 0 spiro atoms. The maximum absolute atomic E-state index is 10.9. The van der Waals surface area contributed by atoms with E-state index in [-0.39, 0.29) is 0 Å². The molecule has 0 saturated carbocycles. The third-order valence-electron chi connectivity index (χ3n) is 1.89. The average molecular weight is 181 g/mol. The molecule has 4 nitrogen and oxygen atoms in total. The summed E-state index contributed by atoms with van der Waals surface area (Å²) in [7, 11) is 0. The summed E-state index contributed by atoms with van der Waals surface area (Å²) in [5.41, 5.74) is 3.29. The molecule has 0 radical (unpaired) electrons. The fourth-order valence-corrected chi connectivity index (χ4v) is 1.03. The lowest BCUT2D eigenvalue weighted by Crippen LogP contribution is -2.44. The fourth-order valence-electron chi connectivity index (χ4n) is 1.03. The van der Waals surface area contributed by atoms with E-state index in [1.54, 1.807) is 18.2 Å². The smallest absolute Gasteiger partial charge is 0.256 e. The summed E-state index contributed by atoms with van der Waals surface area (Å²) < 4.78 is 0. The standard InChI is InChI=1S/C9H11NO3/c10-8(12)9(13,6-11)7-4-2-1-3-5-7/h1-5,11,13H,6H2,(H2,10,12). The van der Waals surface area contributed by atoms with Gasteiger partial charge in [-0.2, -0.15) is 0 Å². The number of benzene rings is 1. The summed E-state index contributed by atoms with van der Waals surface area (Å²) in [5, 5.41) is 18.5. The minimum absolute atomic E-state index is 0.296. The van der Waals surface area contributed by atoms with E-state index >= 15 is 0 Å². The van der Waals surface area contributed by atoms with Crippen LogP contribution in [0, 0.1) is 0 Å². The molecule has 0 bridgehead atoms. The zero-order valence-electron chi connectivity index (χ0n) is 6.97. The van der Waals surface area contributed by atoms with Gasteiger partial charge in [-0.15, -0.1) is 0 Å². The van der Waals surface area contributed by atoms with Gasteiger partial charge in [0.25, 0.3) is 5.91 Å². The lowest BCUT2D eigenvalue weighted by atomic mass is 9.94. The molecule has 4 heteroatoms. The second-order valence-corrected chi connectivity index (χ2v) is 2.75. The summed E-state index contributed by atoms with van der Waals surface area (Å²) >= 11 is 0. The largest absolute Gasteiger partial charge is 0.392 e. The molecular formula is C9H11NO3. The number of primary amides is 1. The summed E-state index contributed by atoms with van der Waals surface area (Å²) in [6.45, 7) is -0.716. The number of rotatable bonds is 3. The van der Waals surface area contributed by atoms with E-state index in [2.05, 4.69) is 0 Å². The van der Waals surface area contributed by atoms with Crippen molar-refractivity contribution in [1.29, 1.82) is 0 Å². The molecule has 1 amide bonds. The Kier molecular flexibility index (Phi) is 2.65. The van der Waals surface area contributed by atoms with E-state index in [9.17, 15) is 9.90 Å². The molecule has 0 aliphatic carbocycles. The van der Waals surface area contributed by atoms with Gasteiger partial charge < -0.3 is 15.9 Å². The first-order chi connectivity index (χ1) is 6.11. The van der Waals surface area contributed by atoms with Crippen molar-refractivity contribution in [3.63, 3.8) is 0 Å². The monoisotopic (exact) mass is 181 g/mol. The van der Waals surface area contributed by atoms with Crippen molar-refractivity contribution in [3.05, 3.63) is 35.9 Å². The van der Waals surface area contributed by atoms with Crippen LogP contribution in [-0.4, -0.2) is 22.7 Å². The molecule has 4 N–H and O–H groups in total. The van der Waals surface area contributed by atoms with Gasteiger partial charge in [-0.05, 0) is 5.56 Å². The molecule has 70 valence electrons. The number of nitrogens with two attached hydrogens (primary N) is 1. The summed E-state index contributed by atoms with van der Waals surface area (Å²) in [6, 6.07) is 8.10. The molecule has 1 unspecified atom stereocenters. The Morgan fingerprint density at radius 1 is 1.38 bits per heavy atom. The first-order valence-electron chi connectivity index (χ1n) is 3.80. The third kappa shape index (κ3) is 1.68. The van der Waals surface area contributed by atoms with Gasteiger partial charge in [0.05, 0.1) is 6.61 Å². The molecule has 0 aliphatic heterocycles. The molecule has 1 rings (SSSR count). The Balaban J connectivity index is 3.11. The van der Waals surface area contributed by atoms with Crippen molar-refractivity contribution in [1.82, 2.24) is 0 Å². The second-order valence-electron chi connectivity index (χ2n) is 2.75. The molecule has 0 saturated heterocycles. The van der Waals surface area contributed by atoms with Gasteiger partial charge in [0, 0.05) is 0 Å². The Morgan fingerprint density at radius 3 is 2.31 bits per heavy atom. The zero-order valence-corrected chi connectivity index (χ0v) is 6.97. The van der Waals surface area contributed by atoms with Crippen molar-refractivity contribution in [2.24, 2.45) is 5.73 Å². The van der Waals surface area contributed by atoms with E-state index < -0.39 is 18.1 Å². The highest BCUT2D eigenvalue weighted by atomic mass is 16.3. The van der Waals surface area contributed by atoms with Gasteiger partial charge >= 0.3 is 0 Å². The number of hydrogen-bond acceptors (Lipinski definition) is 3. The average Bonchev–Trinajstić information content (AvgIpc) is 2.17. The minimum Gasteiger partial charge on any atom is -0.392 e. The number of carbonyl (C=O) groups excluding carboxylic acids is 1. The second kappa shape index (κ2) is 3.55. The quantitative estimate of drug-likeness (QED) is 0.579. The number of aliphatic hydroxyl groups excluding tert-OH is 1. The van der Waals surface area contributed by atoms with Crippen LogP contribution in [0.15, 0.2) is 30.3 Å². The molecule has 1 atom stereocenters. The van der Waals surface area contributed by atoms with Gasteiger partial charge in [0.2, 0.25) is 0 Å². The van der Waals surface area contributed by atoms with E-state index in [4.69, 9.17) is 10.8 Å². The Bertz CT molecular complexity index is 299. The van der Waals surface area contributed by atoms with Gasteiger partial charge in [-0.3, -0.25) is 4.79 Å².